The van der Waals surface area contributed by atoms with E-state index >= 15 is 0 Å². The second-order valence-corrected chi connectivity index (χ2v) is 8.19. The van der Waals surface area contributed by atoms with Gasteiger partial charge in [0.1, 0.15) is 23.4 Å². The standard InChI is InChI=1S/C23H29FN2O5/c1-23(2,3)25-21(27)31-20(13-14-29-18-11-9-17(24)10-12-18)16-7-6-8-19(15-16)30-22(28)26(4)5/h6-12,15,20H,13-14H2,1-5H3,(H,25,27). The van der Waals surface area contributed by atoms with Crippen molar-refractivity contribution in [3.05, 3.63) is 59.9 Å². The van der Waals surface area contributed by atoms with Crippen LogP contribution in [-0.2, 0) is 4.74 Å². The quantitative estimate of drug-likeness (QED) is 0.672. The number of ether oxygens (including phenoxy) is 3. The Labute approximate surface area is 182 Å². The molecule has 0 saturated carbocycles. The van der Waals surface area contributed by atoms with Gasteiger partial charge in [0, 0.05) is 26.1 Å². The Morgan fingerprint density at radius 1 is 1.06 bits per heavy atom. The molecule has 1 atom stereocenters. The maximum Gasteiger partial charge on any atom is 0.414 e. The number of amides is 2. The largest absolute Gasteiger partial charge is 0.493 e. The van der Waals surface area contributed by atoms with Gasteiger partial charge in [-0.15, -0.1) is 0 Å². The first-order valence-electron chi connectivity index (χ1n) is 9.90. The van der Waals surface area contributed by atoms with Crippen LogP contribution >= 0.6 is 0 Å². The van der Waals surface area contributed by atoms with E-state index in [1.165, 1.54) is 29.2 Å². The fourth-order valence-electron chi connectivity index (χ4n) is 2.54. The highest BCUT2D eigenvalue weighted by atomic mass is 19.1. The summed E-state index contributed by atoms with van der Waals surface area (Å²) in [6, 6.07) is 12.5. The van der Waals surface area contributed by atoms with Crippen LogP contribution in [0.3, 0.4) is 0 Å². The number of hydrogen-bond acceptors (Lipinski definition) is 5. The highest BCUT2D eigenvalue weighted by Crippen LogP contribution is 2.26. The minimum Gasteiger partial charge on any atom is -0.493 e. The molecule has 1 unspecified atom stereocenters. The van der Waals surface area contributed by atoms with Crippen molar-refractivity contribution in [2.75, 3.05) is 20.7 Å². The van der Waals surface area contributed by atoms with Gasteiger partial charge in [0.2, 0.25) is 0 Å². The van der Waals surface area contributed by atoms with Crippen LogP contribution < -0.4 is 14.8 Å². The lowest BCUT2D eigenvalue weighted by Gasteiger charge is -2.24. The zero-order chi connectivity index (χ0) is 23.0. The first-order chi connectivity index (χ1) is 14.5. The molecule has 2 aromatic carbocycles. The van der Waals surface area contributed by atoms with Gasteiger partial charge < -0.3 is 24.4 Å². The van der Waals surface area contributed by atoms with Crippen LogP contribution in [-0.4, -0.2) is 43.3 Å². The lowest BCUT2D eigenvalue weighted by molar-refractivity contribution is 0.0771. The summed E-state index contributed by atoms with van der Waals surface area (Å²) in [7, 11) is 3.17. The Balaban J connectivity index is 2.13. The van der Waals surface area contributed by atoms with Crippen molar-refractivity contribution in [2.45, 2.75) is 38.8 Å². The molecule has 0 aliphatic heterocycles. The van der Waals surface area contributed by atoms with Crippen LogP contribution in [0.5, 0.6) is 11.5 Å². The summed E-state index contributed by atoms with van der Waals surface area (Å²) in [5, 5.41) is 2.76. The van der Waals surface area contributed by atoms with Crippen molar-refractivity contribution in [3.63, 3.8) is 0 Å². The summed E-state index contributed by atoms with van der Waals surface area (Å²) >= 11 is 0. The third-order valence-corrected chi connectivity index (χ3v) is 3.99. The van der Waals surface area contributed by atoms with E-state index in [0.29, 0.717) is 23.5 Å². The van der Waals surface area contributed by atoms with Gasteiger partial charge in [-0.3, -0.25) is 0 Å². The zero-order valence-electron chi connectivity index (χ0n) is 18.5. The highest BCUT2D eigenvalue weighted by molar-refractivity contribution is 5.70. The Kier molecular flexibility index (Phi) is 8.24. The molecule has 168 valence electrons. The summed E-state index contributed by atoms with van der Waals surface area (Å²) in [5.41, 5.74) is 0.186. The first-order valence-corrected chi connectivity index (χ1v) is 9.90. The van der Waals surface area contributed by atoms with Crippen LogP contribution in [0.2, 0.25) is 0 Å². The molecular formula is C23H29FN2O5. The molecule has 1 N–H and O–H groups in total. The maximum absolute atomic E-state index is 13.1. The number of halogens is 1. The monoisotopic (exact) mass is 432 g/mol. The topological polar surface area (TPSA) is 77.1 Å². The first kappa shape index (κ1) is 24.0. The van der Waals surface area contributed by atoms with E-state index in [1.54, 1.807) is 38.4 Å². The Bertz CT molecular complexity index is 878. The summed E-state index contributed by atoms with van der Waals surface area (Å²) in [6.45, 7) is 5.77. The van der Waals surface area contributed by atoms with Crippen molar-refractivity contribution in [3.8, 4) is 11.5 Å². The second-order valence-electron chi connectivity index (χ2n) is 8.19. The van der Waals surface area contributed by atoms with Crippen LogP contribution in [0.15, 0.2) is 48.5 Å². The minimum absolute atomic E-state index is 0.223. The predicted octanol–water partition coefficient (Wildman–Crippen LogP) is 4.92. The molecule has 0 saturated heterocycles. The molecule has 0 aliphatic rings. The summed E-state index contributed by atoms with van der Waals surface area (Å²) in [5.74, 6) is 0.491. The number of carbonyl (C=O) groups is 2. The molecule has 0 aliphatic carbocycles. The van der Waals surface area contributed by atoms with Gasteiger partial charge in [0.15, 0.2) is 0 Å². The predicted molar refractivity (Wildman–Crippen MR) is 115 cm³/mol. The van der Waals surface area contributed by atoms with Gasteiger partial charge in [-0.1, -0.05) is 12.1 Å². The highest BCUT2D eigenvalue weighted by Gasteiger charge is 2.22. The molecule has 2 rings (SSSR count). The molecule has 2 amide bonds. The van der Waals surface area contributed by atoms with Gasteiger partial charge in [-0.25, -0.2) is 14.0 Å². The summed E-state index contributed by atoms with van der Waals surface area (Å²) in [4.78, 5) is 25.5. The Hall–Kier alpha value is -3.29. The zero-order valence-corrected chi connectivity index (χ0v) is 18.5. The fraction of sp³-hybridized carbons (Fsp3) is 0.391. The van der Waals surface area contributed by atoms with Crippen LogP contribution in [0.1, 0.15) is 38.9 Å². The van der Waals surface area contributed by atoms with Crippen molar-refractivity contribution in [1.29, 1.82) is 0 Å². The SMILES string of the molecule is CN(C)C(=O)Oc1cccc(C(CCOc2ccc(F)cc2)OC(=O)NC(C)(C)C)c1. The van der Waals surface area contributed by atoms with Gasteiger partial charge >= 0.3 is 12.2 Å². The Morgan fingerprint density at radius 2 is 1.74 bits per heavy atom. The number of nitrogens with one attached hydrogen (secondary N) is 1. The van der Waals surface area contributed by atoms with Gasteiger partial charge in [0.05, 0.1) is 6.61 Å². The smallest absolute Gasteiger partial charge is 0.414 e. The molecule has 0 bridgehead atoms. The van der Waals surface area contributed by atoms with E-state index in [-0.39, 0.29) is 12.4 Å². The second kappa shape index (κ2) is 10.7. The molecule has 0 radical (unpaired) electrons. The van der Waals surface area contributed by atoms with Crippen LogP contribution in [0.4, 0.5) is 14.0 Å². The molecule has 0 aromatic heterocycles. The van der Waals surface area contributed by atoms with Crippen LogP contribution in [0, 0.1) is 5.82 Å². The average Bonchev–Trinajstić information content (AvgIpc) is 2.67. The fourth-order valence-corrected chi connectivity index (χ4v) is 2.54. The normalized spacial score (nSPS) is 11.9. The van der Waals surface area contributed by atoms with Gasteiger partial charge in [-0.05, 0) is 62.7 Å². The number of hydrogen-bond donors (Lipinski definition) is 1. The third-order valence-electron chi connectivity index (χ3n) is 3.99. The van der Waals surface area contributed by atoms with E-state index in [1.807, 2.05) is 20.8 Å². The molecule has 7 nitrogen and oxygen atoms in total. The number of benzene rings is 2. The van der Waals surface area contributed by atoms with E-state index < -0.39 is 23.8 Å². The number of carbonyl (C=O) groups excluding carboxylic acids is 2. The average molecular weight is 432 g/mol. The summed E-state index contributed by atoms with van der Waals surface area (Å²) < 4.78 is 29.6. The van der Waals surface area contributed by atoms with E-state index in [4.69, 9.17) is 14.2 Å². The molecule has 0 heterocycles. The lowest BCUT2D eigenvalue weighted by Crippen LogP contribution is -2.41. The van der Waals surface area contributed by atoms with Crippen molar-refractivity contribution >= 4 is 12.2 Å². The minimum atomic E-state index is -0.652. The van der Waals surface area contributed by atoms with E-state index in [9.17, 15) is 14.0 Å². The maximum atomic E-state index is 13.1. The number of rotatable bonds is 7. The summed E-state index contributed by atoms with van der Waals surface area (Å²) in [6.07, 6.45) is -1.41. The van der Waals surface area contributed by atoms with E-state index in [2.05, 4.69) is 5.32 Å². The van der Waals surface area contributed by atoms with Gasteiger partial charge in [0.25, 0.3) is 0 Å². The molecule has 8 heteroatoms. The van der Waals surface area contributed by atoms with Crippen molar-refractivity contribution in [2.24, 2.45) is 0 Å². The molecule has 31 heavy (non-hydrogen) atoms. The molecule has 2 aromatic rings. The number of nitrogens with zero attached hydrogens (tertiary/aromatic N) is 1. The third kappa shape index (κ3) is 8.54. The van der Waals surface area contributed by atoms with Crippen molar-refractivity contribution < 1.29 is 28.2 Å². The van der Waals surface area contributed by atoms with Crippen LogP contribution in [0.25, 0.3) is 0 Å². The molecular weight excluding hydrogens is 403 g/mol. The molecule has 0 spiro atoms. The molecule has 0 fully saturated rings. The number of alkyl carbamates (subject to hydrolysis) is 1. The van der Waals surface area contributed by atoms with E-state index in [0.717, 1.165) is 0 Å². The Morgan fingerprint density at radius 3 is 2.35 bits per heavy atom. The lowest BCUT2D eigenvalue weighted by atomic mass is 10.1. The van der Waals surface area contributed by atoms with Crippen molar-refractivity contribution in [1.82, 2.24) is 10.2 Å². The van der Waals surface area contributed by atoms with Gasteiger partial charge in [-0.2, -0.15) is 0 Å².